The molecule has 2 N–H and O–H groups in total. The highest BCUT2D eigenvalue weighted by molar-refractivity contribution is 7.15. The van der Waals surface area contributed by atoms with Gasteiger partial charge >= 0.3 is 0 Å². The highest BCUT2D eigenvalue weighted by atomic mass is 32.1. The third kappa shape index (κ3) is 1.96. The van der Waals surface area contributed by atoms with Gasteiger partial charge in [0.1, 0.15) is 0 Å². The number of piperidine rings is 1. The van der Waals surface area contributed by atoms with Gasteiger partial charge in [-0.15, -0.1) is 11.3 Å². The summed E-state index contributed by atoms with van der Waals surface area (Å²) in [6.07, 6.45) is 9.11. The Balaban J connectivity index is 1.62. The molecular formula is C12H19N3S. The van der Waals surface area contributed by atoms with Gasteiger partial charge in [0.2, 0.25) is 0 Å². The molecule has 1 saturated carbocycles. The number of hydrogen-bond acceptors (Lipinski definition) is 4. The number of hydrogen-bond donors (Lipinski definition) is 1. The molecule has 0 aromatic carbocycles. The average molecular weight is 237 g/mol. The van der Waals surface area contributed by atoms with E-state index in [1.165, 1.54) is 50.1 Å². The lowest BCUT2D eigenvalue weighted by molar-refractivity contribution is 0.0170. The lowest BCUT2D eigenvalue weighted by Gasteiger charge is -2.49. The fourth-order valence-electron chi connectivity index (χ4n) is 3.15. The molecule has 2 fully saturated rings. The quantitative estimate of drug-likeness (QED) is 0.859. The Labute approximate surface area is 101 Å². The highest BCUT2D eigenvalue weighted by Crippen LogP contribution is 2.47. The minimum atomic E-state index is 0.689. The minimum Gasteiger partial charge on any atom is -0.375 e. The van der Waals surface area contributed by atoms with E-state index in [4.69, 9.17) is 5.73 Å². The summed E-state index contributed by atoms with van der Waals surface area (Å²) in [7, 11) is 0. The predicted octanol–water partition coefficient (Wildman–Crippen LogP) is 2.49. The van der Waals surface area contributed by atoms with Gasteiger partial charge in [-0.25, -0.2) is 4.98 Å². The molecule has 1 aliphatic carbocycles. The zero-order chi connectivity index (χ0) is 11.0. The van der Waals surface area contributed by atoms with Crippen molar-refractivity contribution in [2.45, 2.75) is 38.6 Å². The van der Waals surface area contributed by atoms with Gasteiger partial charge in [-0.1, -0.05) is 6.42 Å². The molecule has 1 saturated heterocycles. The standard InChI is InChI=1S/C12H19N3S/c13-11-14-7-10(16-11)8-15-6-2-5-12(9-15)3-1-4-12/h7H,1-6,8-9H2,(H2,13,14). The number of thiazole rings is 1. The minimum absolute atomic E-state index is 0.689. The summed E-state index contributed by atoms with van der Waals surface area (Å²) in [5, 5.41) is 0.699. The van der Waals surface area contributed by atoms with Gasteiger partial charge in [0.25, 0.3) is 0 Å². The summed E-state index contributed by atoms with van der Waals surface area (Å²) < 4.78 is 0. The van der Waals surface area contributed by atoms with Crippen molar-refractivity contribution in [1.29, 1.82) is 0 Å². The monoisotopic (exact) mass is 237 g/mol. The van der Waals surface area contributed by atoms with Crippen molar-refractivity contribution in [3.63, 3.8) is 0 Å². The van der Waals surface area contributed by atoms with Crippen molar-refractivity contribution < 1.29 is 0 Å². The maximum Gasteiger partial charge on any atom is 0.180 e. The van der Waals surface area contributed by atoms with Gasteiger partial charge in [-0.2, -0.15) is 0 Å². The van der Waals surface area contributed by atoms with E-state index >= 15 is 0 Å². The third-order valence-corrected chi connectivity index (χ3v) is 4.92. The number of aromatic nitrogens is 1. The first-order valence-corrected chi connectivity index (χ1v) is 7.00. The van der Waals surface area contributed by atoms with Crippen molar-refractivity contribution in [3.05, 3.63) is 11.1 Å². The fraction of sp³-hybridized carbons (Fsp3) is 0.750. The summed E-state index contributed by atoms with van der Waals surface area (Å²) >= 11 is 1.63. The lowest BCUT2D eigenvalue weighted by atomic mass is 9.64. The fourth-order valence-corrected chi connectivity index (χ4v) is 3.87. The summed E-state index contributed by atoms with van der Waals surface area (Å²) in [5.41, 5.74) is 6.35. The van der Waals surface area contributed by atoms with Crippen LogP contribution in [0.15, 0.2) is 6.20 Å². The molecule has 2 aliphatic rings. The van der Waals surface area contributed by atoms with E-state index in [9.17, 15) is 0 Å². The van der Waals surface area contributed by atoms with E-state index in [1.807, 2.05) is 6.20 Å². The molecule has 16 heavy (non-hydrogen) atoms. The largest absolute Gasteiger partial charge is 0.375 e. The number of nitrogens with two attached hydrogens (primary N) is 1. The summed E-state index contributed by atoms with van der Waals surface area (Å²) in [5.74, 6) is 0. The Morgan fingerprint density at radius 3 is 2.81 bits per heavy atom. The smallest absolute Gasteiger partial charge is 0.180 e. The first-order chi connectivity index (χ1) is 7.76. The van der Waals surface area contributed by atoms with Crippen LogP contribution in [0.5, 0.6) is 0 Å². The zero-order valence-electron chi connectivity index (χ0n) is 9.61. The third-order valence-electron chi connectivity index (χ3n) is 4.11. The molecule has 1 aromatic rings. The van der Waals surface area contributed by atoms with Gasteiger partial charge in [-0.05, 0) is 37.6 Å². The molecule has 0 bridgehead atoms. The molecule has 0 unspecified atom stereocenters. The molecule has 2 heterocycles. The van der Waals surface area contributed by atoms with Crippen LogP contribution in [0.3, 0.4) is 0 Å². The topological polar surface area (TPSA) is 42.1 Å². The number of rotatable bonds is 2. The second-order valence-corrected chi connectivity index (χ2v) is 6.48. The second kappa shape index (κ2) is 4.00. The highest BCUT2D eigenvalue weighted by Gasteiger charge is 2.40. The predicted molar refractivity (Wildman–Crippen MR) is 67.3 cm³/mol. The van der Waals surface area contributed by atoms with Crippen molar-refractivity contribution in [2.75, 3.05) is 18.8 Å². The van der Waals surface area contributed by atoms with Crippen LogP contribution < -0.4 is 5.73 Å². The van der Waals surface area contributed by atoms with E-state index in [-0.39, 0.29) is 0 Å². The maximum atomic E-state index is 5.66. The van der Waals surface area contributed by atoms with Crippen molar-refractivity contribution in [3.8, 4) is 0 Å². The van der Waals surface area contributed by atoms with Crippen LogP contribution in [-0.2, 0) is 6.54 Å². The van der Waals surface area contributed by atoms with Crippen LogP contribution in [0.4, 0.5) is 5.13 Å². The van der Waals surface area contributed by atoms with E-state index in [1.54, 1.807) is 11.3 Å². The van der Waals surface area contributed by atoms with Crippen LogP contribution in [-0.4, -0.2) is 23.0 Å². The van der Waals surface area contributed by atoms with E-state index < -0.39 is 0 Å². The molecule has 3 nitrogen and oxygen atoms in total. The number of anilines is 1. The van der Waals surface area contributed by atoms with Gasteiger partial charge in [0.15, 0.2) is 5.13 Å². The van der Waals surface area contributed by atoms with Crippen LogP contribution in [0, 0.1) is 5.41 Å². The molecule has 3 rings (SSSR count). The molecular weight excluding hydrogens is 218 g/mol. The number of likely N-dealkylation sites (tertiary alicyclic amines) is 1. The van der Waals surface area contributed by atoms with E-state index in [2.05, 4.69) is 9.88 Å². The summed E-state index contributed by atoms with van der Waals surface area (Å²) in [6.45, 7) is 3.60. The Morgan fingerprint density at radius 2 is 2.19 bits per heavy atom. The molecule has 1 aromatic heterocycles. The average Bonchev–Trinajstić information content (AvgIpc) is 2.62. The maximum absolute atomic E-state index is 5.66. The molecule has 0 radical (unpaired) electrons. The molecule has 88 valence electrons. The molecule has 0 atom stereocenters. The van der Waals surface area contributed by atoms with Gasteiger partial charge in [0.05, 0.1) is 0 Å². The molecule has 1 aliphatic heterocycles. The van der Waals surface area contributed by atoms with Gasteiger partial charge in [0, 0.05) is 24.2 Å². The Hall–Kier alpha value is -0.610. The Morgan fingerprint density at radius 1 is 1.38 bits per heavy atom. The van der Waals surface area contributed by atoms with Crippen molar-refractivity contribution >= 4 is 16.5 Å². The first kappa shape index (κ1) is 10.5. The Bertz CT molecular complexity index is 370. The first-order valence-electron chi connectivity index (χ1n) is 6.18. The molecule has 0 amide bonds. The van der Waals surface area contributed by atoms with Crippen LogP contribution in [0.1, 0.15) is 37.0 Å². The van der Waals surface area contributed by atoms with Crippen LogP contribution in [0.25, 0.3) is 0 Å². The number of nitrogen functional groups attached to an aromatic ring is 1. The van der Waals surface area contributed by atoms with Crippen LogP contribution in [0.2, 0.25) is 0 Å². The SMILES string of the molecule is Nc1ncc(CN2CCCC3(CCC3)C2)s1. The van der Waals surface area contributed by atoms with Gasteiger partial charge in [-0.3, -0.25) is 4.90 Å². The van der Waals surface area contributed by atoms with Gasteiger partial charge < -0.3 is 5.73 Å². The van der Waals surface area contributed by atoms with Crippen molar-refractivity contribution in [2.24, 2.45) is 5.41 Å². The zero-order valence-corrected chi connectivity index (χ0v) is 10.4. The van der Waals surface area contributed by atoms with E-state index in [0.717, 1.165) is 6.54 Å². The number of nitrogens with zero attached hydrogens (tertiary/aromatic N) is 2. The van der Waals surface area contributed by atoms with Crippen LogP contribution >= 0.6 is 11.3 Å². The van der Waals surface area contributed by atoms with Crippen molar-refractivity contribution in [1.82, 2.24) is 9.88 Å². The summed E-state index contributed by atoms with van der Waals surface area (Å²) in [6, 6.07) is 0. The normalized spacial score (nSPS) is 24.5. The molecule has 4 heteroatoms. The van der Waals surface area contributed by atoms with E-state index in [0.29, 0.717) is 10.5 Å². The molecule has 1 spiro atoms. The lowest BCUT2D eigenvalue weighted by Crippen LogP contribution is -2.46. The second-order valence-electron chi connectivity index (χ2n) is 5.33. The Kier molecular flexibility index (Phi) is 2.64. The summed E-state index contributed by atoms with van der Waals surface area (Å²) in [4.78, 5) is 8.03.